The second-order valence-corrected chi connectivity index (χ2v) is 4.84. The van der Waals surface area contributed by atoms with Crippen LogP contribution in [0.1, 0.15) is 12.0 Å². The van der Waals surface area contributed by atoms with Gasteiger partial charge in [-0.2, -0.15) is 0 Å². The number of hydrogen-bond acceptors (Lipinski definition) is 3. The lowest BCUT2D eigenvalue weighted by atomic mass is 10.1. The van der Waals surface area contributed by atoms with Crippen molar-refractivity contribution in [2.75, 3.05) is 26.2 Å². The molecule has 0 bridgehead atoms. The van der Waals surface area contributed by atoms with Gasteiger partial charge >= 0.3 is 0 Å². The predicted molar refractivity (Wildman–Crippen MR) is 70.2 cm³/mol. The molecule has 3 nitrogen and oxygen atoms in total. The number of halogens is 1. The molecule has 1 heterocycles. The van der Waals surface area contributed by atoms with Crippen LogP contribution in [0.3, 0.4) is 0 Å². The molecule has 17 heavy (non-hydrogen) atoms. The van der Waals surface area contributed by atoms with Crippen molar-refractivity contribution in [3.05, 3.63) is 34.9 Å². The van der Waals surface area contributed by atoms with E-state index in [-0.39, 0.29) is 6.61 Å². The fraction of sp³-hybridized carbons (Fsp3) is 0.538. The van der Waals surface area contributed by atoms with Crippen molar-refractivity contribution in [3.63, 3.8) is 0 Å². The molecule has 0 amide bonds. The third-order valence-corrected chi connectivity index (χ3v) is 3.63. The zero-order valence-electron chi connectivity index (χ0n) is 9.90. The monoisotopic (exact) mass is 254 g/mol. The topological polar surface area (TPSA) is 35.5 Å². The van der Waals surface area contributed by atoms with Gasteiger partial charge in [0.2, 0.25) is 0 Å². The summed E-state index contributed by atoms with van der Waals surface area (Å²) >= 11 is 6.18. The normalized spacial score (nSPS) is 21.6. The second kappa shape index (κ2) is 6.36. The van der Waals surface area contributed by atoms with Gasteiger partial charge in [0.05, 0.1) is 0 Å². The number of nitrogens with one attached hydrogen (secondary N) is 1. The highest BCUT2D eigenvalue weighted by Gasteiger charge is 2.21. The largest absolute Gasteiger partial charge is 0.396 e. The average molecular weight is 255 g/mol. The van der Waals surface area contributed by atoms with E-state index in [0.29, 0.717) is 6.04 Å². The van der Waals surface area contributed by atoms with Gasteiger partial charge in [0.15, 0.2) is 0 Å². The van der Waals surface area contributed by atoms with Crippen molar-refractivity contribution < 1.29 is 5.11 Å². The second-order valence-electron chi connectivity index (χ2n) is 4.43. The molecule has 1 aromatic rings. The Bertz CT molecular complexity index is 357. The molecule has 4 heteroatoms. The molecule has 2 N–H and O–H groups in total. The standard InChI is InChI=1S/C13H19ClN2O/c14-13-4-2-1-3-11(13)10-16-7-6-15-9-12(16)5-8-17/h1-4,12,15,17H,5-10H2/t12-/m1/s1. The molecule has 0 aromatic heterocycles. The first-order chi connectivity index (χ1) is 8.31. The molecule has 1 fully saturated rings. The molecule has 1 aliphatic heterocycles. The average Bonchev–Trinajstić information content (AvgIpc) is 2.35. The van der Waals surface area contributed by atoms with Crippen LogP contribution in [0.4, 0.5) is 0 Å². The van der Waals surface area contributed by atoms with Gasteiger partial charge < -0.3 is 10.4 Å². The van der Waals surface area contributed by atoms with Crippen LogP contribution in [-0.2, 0) is 6.54 Å². The summed E-state index contributed by atoms with van der Waals surface area (Å²) in [5.41, 5.74) is 1.17. The third-order valence-electron chi connectivity index (χ3n) is 3.27. The molecule has 0 unspecified atom stereocenters. The quantitative estimate of drug-likeness (QED) is 0.855. The zero-order valence-corrected chi connectivity index (χ0v) is 10.7. The number of nitrogens with zero attached hydrogens (tertiary/aromatic N) is 1. The van der Waals surface area contributed by atoms with Crippen LogP contribution in [0.5, 0.6) is 0 Å². The maximum Gasteiger partial charge on any atom is 0.0451 e. The predicted octanol–water partition coefficient (Wildman–Crippen LogP) is 1.50. The van der Waals surface area contributed by atoms with Crippen LogP contribution >= 0.6 is 11.6 Å². The van der Waals surface area contributed by atoms with E-state index in [1.165, 1.54) is 5.56 Å². The van der Waals surface area contributed by atoms with Crippen LogP contribution in [0.2, 0.25) is 5.02 Å². The number of aliphatic hydroxyl groups excluding tert-OH is 1. The molecular formula is C13H19ClN2O. The fourth-order valence-corrected chi connectivity index (χ4v) is 2.49. The Morgan fingerprint density at radius 2 is 2.24 bits per heavy atom. The summed E-state index contributed by atoms with van der Waals surface area (Å²) < 4.78 is 0. The van der Waals surface area contributed by atoms with E-state index in [1.807, 2.05) is 18.2 Å². The van der Waals surface area contributed by atoms with Crippen molar-refractivity contribution in [2.24, 2.45) is 0 Å². The molecule has 1 atom stereocenters. The first kappa shape index (κ1) is 12.8. The van der Waals surface area contributed by atoms with Crippen molar-refractivity contribution >= 4 is 11.6 Å². The molecule has 0 saturated carbocycles. The summed E-state index contributed by atoms with van der Waals surface area (Å²) in [6.45, 7) is 4.07. The SMILES string of the molecule is OCC[C@@H]1CNCCN1Cc1ccccc1Cl. The van der Waals surface area contributed by atoms with Crippen LogP contribution in [-0.4, -0.2) is 42.3 Å². The Hall–Kier alpha value is -0.610. The molecule has 94 valence electrons. The Kier molecular flexibility index (Phi) is 4.80. The van der Waals surface area contributed by atoms with E-state index in [4.69, 9.17) is 16.7 Å². The highest BCUT2D eigenvalue weighted by Crippen LogP contribution is 2.19. The van der Waals surface area contributed by atoms with E-state index in [2.05, 4.69) is 16.3 Å². The minimum atomic E-state index is 0.241. The summed E-state index contributed by atoms with van der Waals surface area (Å²) in [5, 5.41) is 13.3. The third kappa shape index (κ3) is 3.42. The Labute approximate surface area is 107 Å². The zero-order chi connectivity index (χ0) is 12.1. The minimum absolute atomic E-state index is 0.241. The Morgan fingerprint density at radius 1 is 1.41 bits per heavy atom. The van der Waals surface area contributed by atoms with Gasteiger partial charge in [0.25, 0.3) is 0 Å². The van der Waals surface area contributed by atoms with E-state index in [9.17, 15) is 0 Å². The Balaban J connectivity index is 2.03. The lowest BCUT2D eigenvalue weighted by molar-refractivity contribution is 0.123. The van der Waals surface area contributed by atoms with Gasteiger partial charge in [-0.3, -0.25) is 4.90 Å². The van der Waals surface area contributed by atoms with E-state index in [0.717, 1.165) is 37.6 Å². The molecule has 0 radical (unpaired) electrons. The first-order valence-electron chi connectivity index (χ1n) is 6.10. The highest BCUT2D eigenvalue weighted by atomic mass is 35.5. The molecule has 1 aromatic carbocycles. The number of benzene rings is 1. The fourth-order valence-electron chi connectivity index (χ4n) is 2.29. The number of piperazine rings is 1. The summed E-state index contributed by atoms with van der Waals surface area (Å²) in [6.07, 6.45) is 0.817. The van der Waals surface area contributed by atoms with Gasteiger partial charge in [0, 0.05) is 43.9 Å². The van der Waals surface area contributed by atoms with Gasteiger partial charge in [-0.1, -0.05) is 29.8 Å². The van der Waals surface area contributed by atoms with Gasteiger partial charge in [-0.05, 0) is 18.1 Å². The van der Waals surface area contributed by atoms with Crippen LogP contribution in [0.25, 0.3) is 0 Å². The lowest BCUT2D eigenvalue weighted by Gasteiger charge is -2.36. The van der Waals surface area contributed by atoms with Crippen molar-refractivity contribution in [1.82, 2.24) is 10.2 Å². The summed E-state index contributed by atoms with van der Waals surface area (Å²) in [7, 11) is 0. The van der Waals surface area contributed by atoms with Crippen LogP contribution < -0.4 is 5.32 Å². The molecule has 0 aliphatic carbocycles. The van der Waals surface area contributed by atoms with Gasteiger partial charge in [0.1, 0.15) is 0 Å². The van der Waals surface area contributed by atoms with Crippen LogP contribution in [0, 0.1) is 0 Å². The summed E-state index contributed by atoms with van der Waals surface area (Å²) in [5.74, 6) is 0. The minimum Gasteiger partial charge on any atom is -0.396 e. The van der Waals surface area contributed by atoms with Crippen molar-refractivity contribution in [2.45, 2.75) is 19.0 Å². The maximum atomic E-state index is 9.08. The maximum absolute atomic E-state index is 9.08. The molecule has 0 spiro atoms. The lowest BCUT2D eigenvalue weighted by Crippen LogP contribution is -2.51. The smallest absolute Gasteiger partial charge is 0.0451 e. The van der Waals surface area contributed by atoms with E-state index < -0.39 is 0 Å². The highest BCUT2D eigenvalue weighted by molar-refractivity contribution is 6.31. The molecule has 1 aliphatic rings. The van der Waals surface area contributed by atoms with E-state index >= 15 is 0 Å². The van der Waals surface area contributed by atoms with Gasteiger partial charge in [-0.15, -0.1) is 0 Å². The van der Waals surface area contributed by atoms with Crippen molar-refractivity contribution in [1.29, 1.82) is 0 Å². The van der Waals surface area contributed by atoms with Crippen LogP contribution in [0.15, 0.2) is 24.3 Å². The first-order valence-corrected chi connectivity index (χ1v) is 6.48. The Morgan fingerprint density at radius 3 is 3.00 bits per heavy atom. The van der Waals surface area contributed by atoms with Crippen molar-refractivity contribution in [3.8, 4) is 0 Å². The summed E-state index contributed by atoms with van der Waals surface area (Å²) in [4.78, 5) is 2.40. The number of aliphatic hydroxyl groups is 1. The van der Waals surface area contributed by atoms with Gasteiger partial charge in [-0.25, -0.2) is 0 Å². The van der Waals surface area contributed by atoms with E-state index in [1.54, 1.807) is 0 Å². The molecule has 2 rings (SSSR count). The number of hydrogen-bond donors (Lipinski definition) is 2. The summed E-state index contributed by atoms with van der Waals surface area (Å²) in [6, 6.07) is 8.38. The molecule has 1 saturated heterocycles. The molecular weight excluding hydrogens is 236 g/mol. The number of rotatable bonds is 4.